The quantitative estimate of drug-likeness (QED) is 0.865. The van der Waals surface area contributed by atoms with Gasteiger partial charge in [0.25, 0.3) is 12.3 Å². The zero-order valence-corrected chi connectivity index (χ0v) is 11.7. The maximum atomic E-state index is 12.7. The predicted molar refractivity (Wildman–Crippen MR) is 71.1 cm³/mol. The lowest BCUT2D eigenvalue weighted by molar-refractivity contribution is -0.137. The van der Waals surface area contributed by atoms with Gasteiger partial charge in [-0.25, -0.2) is 18.7 Å². The fourth-order valence-corrected chi connectivity index (χ4v) is 1.79. The van der Waals surface area contributed by atoms with E-state index in [9.17, 15) is 26.7 Å². The maximum absolute atomic E-state index is 12.7. The third-order valence-electron chi connectivity index (χ3n) is 2.76. The molecule has 2 aromatic rings. The Kier molecular flexibility index (Phi) is 4.57. The van der Waals surface area contributed by atoms with E-state index < -0.39 is 29.8 Å². The molecule has 1 aromatic heterocycles. The molecule has 122 valence electrons. The molecule has 1 amide bonds. The van der Waals surface area contributed by atoms with Crippen molar-refractivity contribution >= 4 is 11.6 Å². The van der Waals surface area contributed by atoms with Crippen molar-refractivity contribution in [3.63, 3.8) is 0 Å². The molecule has 0 atom stereocenters. The standard InChI is InChI=1S/C14H10F5N3O/c1-7-20-10(12(15)16)6-11(21-7)13(23)22-9-4-2-3-8(5-9)14(17,18)19/h2-6,12H,1H3,(H,22,23). The lowest BCUT2D eigenvalue weighted by Crippen LogP contribution is -2.16. The van der Waals surface area contributed by atoms with Gasteiger partial charge in [-0.3, -0.25) is 4.79 Å². The van der Waals surface area contributed by atoms with Crippen LogP contribution in [0.4, 0.5) is 27.6 Å². The van der Waals surface area contributed by atoms with Gasteiger partial charge in [0.15, 0.2) is 0 Å². The van der Waals surface area contributed by atoms with Crippen LogP contribution in [0.25, 0.3) is 0 Å². The molecule has 0 aliphatic heterocycles. The molecule has 1 aromatic carbocycles. The van der Waals surface area contributed by atoms with E-state index in [-0.39, 0.29) is 17.2 Å². The van der Waals surface area contributed by atoms with E-state index in [0.717, 1.165) is 24.3 Å². The van der Waals surface area contributed by atoms with Gasteiger partial charge >= 0.3 is 6.18 Å². The Labute approximate surface area is 127 Å². The van der Waals surface area contributed by atoms with Crippen LogP contribution in [0.5, 0.6) is 0 Å². The molecule has 0 spiro atoms. The van der Waals surface area contributed by atoms with Crippen molar-refractivity contribution in [1.82, 2.24) is 9.97 Å². The van der Waals surface area contributed by atoms with Crippen LogP contribution in [-0.2, 0) is 6.18 Å². The second-order valence-corrected chi connectivity index (χ2v) is 4.56. The number of aromatic nitrogens is 2. The normalized spacial score (nSPS) is 11.6. The molecule has 0 aliphatic rings. The minimum Gasteiger partial charge on any atom is -0.321 e. The highest BCUT2D eigenvalue weighted by molar-refractivity contribution is 6.02. The number of aryl methyl sites for hydroxylation is 1. The average molecular weight is 331 g/mol. The summed E-state index contributed by atoms with van der Waals surface area (Å²) in [6, 6.07) is 4.74. The zero-order chi connectivity index (χ0) is 17.2. The van der Waals surface area contributed by atoms with Gasteiger partial charge in [0.2, 0.25) is 0 Å². The number of hydrogen-bond acceptors (Lipinski definition) is 3. The van der Waals surface area contributed by atoms with E-state index in [0.29, 0.717) is 0 Å². The first-order valence-electron chi connectivity index (χ1n) is 6.29. The minimum atomic E-state index is -4.56. The third-order valence-corrected chi connectivity index (χ3v) is 2.76. The van der Waals surface area contributed by atoms with E-state index in [4.69, 9.17) is 0 Å². The van der Waals surface area contributed by atoms with Gasteiger partial charge in [0.05, 0.1) is 5.56 Å². The number of carbonyl (C=O) groups is 1. The number of nitrogens with one attached hydrogen (secondary N) is 1. The maximum Gasteiger partial charge on any atom is 0.416 e. The molecular weight excluding hydrogens is 321 g/mol. The molecular formula is C14H10F5N3O. The number of carbonyl (C=O) groups excluding carboxylic acids is 1. The Hall–Kier alpha value is -2.58. The van der Waals surface area contributed by atoms with Crippen LogP contribution in [0.3, 0.4) is 0 Å². The summed E-state index contributed by atoms with van der Waals surface area (Å²) in [5, 5.41) is 2.19. The van der Waals surface area contributed by atoms with Gasteiger partial charge in [0.1, 0.15) is 17.2 Å². The summed E-state index contributed by atoms with van der Waals surface area (Å²) >= 11 is 0. The van der Waals surface area contributed by atoms with Gasteiger partial charge < -0.3 is 5.32 Å². The Morgan fingerprint density at radius 1 is 1.17 bits per heavy atom. The Balaban J connectivity index is 2.26. The first-order valence-corrected chi connectivity index (χ1v) is 6.29. The summed E-state index contributed by atoms with van der Waals surface area (Å²) < 4.78 is 63.1. The Morgan fingerprint density at radius 2 is 1.87 bits per heavy atom. The summed E-state index contributed by atoms with van der Waals surface area (Å²) in [4.78, 5) is 19.2. The molecule has 0 fully saturated rings. The average Bonchev–Trinajstić information content (AvgIpc) is 2.46. The van der Waals surface area contributed by atoms with Gasteiger partial charge in [-0.15, -0.1) is 0 Å². The minimum absolute atomic E-state index is 0.0445. The topological polar surface area (TPSA) is 54.9 Å². The molecule has 23 heavy (non-hydrogen) atoms. The Morgan fingerprint density at radius 3 is 2.48 bits per heavy atom. The van der Waals surface area contributed by atoms with Crippen LogP contribution in [0, 0.1) is 6.92 Å². The number of benzene rings is 1. The highest BCUT2D eigenvalue weighted by Gasteiger charge is 2.30. The summed E-state index contributed by atoms with van der Waals surface area (Å²) in [5.41, 5.74) is -2.06. The predicted octanol–water partition coefficient (Wildman–Crippen LogP) is 3.99. The van der Waals surface area contributed by atoms with E-state index in [1.165, 1.54) is 13.0 Å². The summed E-state index contributed by atoms with van der Waals surface area (Å²) in [6.07, 6.45) is -7.45. The highest BCUT2D eigenvalue weighted by atomic mass is 19.4. The highest BCUT2D eigenvalue weighted by Crippen LogP contribution is 2.30. The number of hydrogen-bond donors (Lipinski definition) is 1. The number of nitrogens with zero attached hydrogens (tertiary/aromatic N) is 2. The Bertz CT molecular complexity index is 731. The number of rotatable bonds is 3. The first-order chi connectivity index (χ1) is 10.7. The van der Waals surface area contributed by atoms with Crippen molar-refractivity contribution < 1.29 is 26.7 Å². The molecule has 0 saturated carbocycles. The number of alkyl halides is 5. The lowest BCUT2D eigenvalue weighted by atomic mass is 10.2. The van der Waals surface area contributed by atoms with Crippen molar-refractivity contribution in [2.45, 2.75) is 19.5 Å². The van der Waals surface area contributed by atoms with Crippen molar-refractivity contribution in [2.75, 3.05) is 5.32 Å². The van der Waals surface area contributed by atoms with Gasteiger partial charge in [-0.1, -0.05) is 6.07 Å². The van der Waals surface area contributed by atoms with Gasteiger partial charge in [-0.2, -0.15) is 13.2 Å². The van der Waals surface area contributed by atoms with Crippen molar-refractivity contribution in [3.8, 4) is 0 Å². The summed E-state index contributed by atoms with van der Waals surface area (Å²) in [6.45, 7) is 1.33. The van der Waals surface area contributed by atoms with E-state index in [2.05, 4.69) is 15.3 Å². The van der Waals surface area contributed by atoms with Crippen LogP contribution in [0.2, 0.25) is 0 Å². The summed E-state index contributed by atoms with van der Waals surface area (Å²) in [7, 11) is 0. The van der Waals surface area contributed by atoms with Crippen LogP contribution >= 0.6 is 0 Å². The van der Waals surface area contributed by atoms with Gasteiger partial charge in [0, 0.05) is 5.69 Å². The molecule has 0 saturated heterocycles. The number of anilines is 1. The molecule has 1 heterocycles. The SMILES string of the molecule is Cc1nc(C(=O)Nc2cccc(C(F)(F)F)c2)cc(C(F)F)n1. The van der Waals surface area contributed by atoms with Crippen LogP contribution in [0.15, 0.2) is 30.3 Å². The molecule has 1 N–H and O–H groups in total. The molecule has 9 heteroatoms. The fraction of sp³-hybridized carbons (Fsp3) is 0.214. The molecule has 2 rings (SSSR count). The smallest absolute Gasteiger partial charge is 0.321 e. The lowest BCUT2D eigenvalue weighted by Gasteiger charge is -2.10. The van der Waals surface area contributed by atoms with Crippen LogP contribution < -0.4 is 5.32 Å². The first kappa shape index (κ1) is 16.8. The molecule has 0 radical (unpaired) electrons. The second-order valence-electron chi connectivity index (χ2n) is 4.56. The van der Waals surface area contributed by atoms with Gasteiger partial charge in [-0.05, 0) is 31.2 Å². The molecule has 0 bridgehead atoms. The summed E-state index contributed by atoms with van der Waals surface area (Å²) in [5.74, 6) is -0.950. The molecule has 0 unspecified atom stereocenters. The van der Waals surface area contributed by atoms with Crippen LogP contribution in [0.1, 0.15) is 34.0 Å². The molecule has 4 nitrogen and oxygen atoms in total. The number of amides is 1. The van der Waals surface area contributed by atoms with Crippen molar-refractivity contribution in [2.24, 2.45) is 0 Å². The van der Waals surface area contributed by atoms with Crippen LogP contribution in [-0.4, -0.2) is 15.9 Å². The zero-order valence-electron chi connectivity index (χ0n) is 11.7. The second kappa shape index (κ2) is 6.27. The van der Waals surface area contributed by atoms with Crippen molar-refractivity contribution in [1.29, 1.82) is 0 Å². The van der Waals surface area contributed by atoms with E-state index in [1.54, 1.807) is 0 Å². The number of halogens is 5. The monoisotopic (exact) mass is 331 g/mol. The fourth-order valence-electron chi connectivity index (χ4n) is 1.79. The van der Waals surface area contributed by atoms with Crippen molar-refractivity contribution in [3.05, 3.63) is 53.1 Å². The van der Waals surface area contributed by atoms with E-state index in [1.807, 2.05) is 0 Å². The molecule has 0 aliphatic carbocycles. The van der Waals surface area contributed by atoms with E-state index >= 15 is 0 Å². The third kappa shape index (κ3) is 4.21. The largest absolute Gasteiger partial charge is 0.416 e.